The van der Waals surface area contributed by atoms with E-state index >= 15 is 0 Å². The number of aromatic hydroxyl groups is 1. The second-order valence-electron chi connectivity index (χ2n) is 6.29. The predicted molar refractivity (Wildman–Crippen MR) is 95.9 cm³/mol. The number of aromatic nitrogens is 1. The molecule has 1 aromatic heterocycles. The third-order valence-corrected chi connectivity index (χ3v) is 4.72. The number of hydrogen-bond acceptors (Lipinski definition) is 3. The molecule has 0 saturated carbocycles. The average molecular weight is 336 g/mol. The number of hydrogen-bond donors (Lipinski definition) is 2. The minimum Gasteiger partial charge on any atom is -0.494 e. The van der Waals surface area contributed by atoms with Gasteiger partial charge in [-0.25, -0.2) is 4.39 Å². The predicted octanol–water partition coefficient (Wildman–Crippen LogP) is 3.87. The van der Waals surface area contributed by atoms with Gasteiger partial charge in [-0.3, -0.25) is 14.8 Å². The number of aliphatic imine (C=N–C) groups is 1. The molecule has 5 heteroatoms. The molecule has 2 aromatic carbocycles. The van der Waals surface area contributed by atoms with Crippen LogP contribution in [0.3, 0.4) is 0 Å². The molecule has 2 N–H and O–H groups in total. The maximum Gasteiger partial charge on any atom is 0.258 e. The fourth-order valence-corrected chi connectivity index (χ4v) is 3.48. The molecule has 0 aliphatic heterocycles. The monoisotopic (exact) mass is 336 g/mol. The first kappa shape index (κ1) is 15.6. The van der Waals surface area contributed by atoms with Crippen molar-refractivity contribution in [2.45, 2.75) is 25.3 Å². The van der Waals surface area contributed by atoms with Gasteiger partial charge in [0, 0.05) is 17.0 Å². The Kier molecular flexibility index (Phi) is 3.84. The van der Waals surface area contributed by atoms with Gasteiger partial charge in [0.25, 0.3) is 5.56 Å². The number of pyridine rings is 1. The van der Waals surface area contributed by atoms with E-state index in [1.165, 1.54) is 6.07 Å². The highest BCUT2D eigenvalue weighted by molar-refractivity contribution is 6.01. The van der Waals surface area contributed by atoms with Crippen LogP contribution in [0.2, 0.25) is 0 Å². The number of aryl methyl sites for hydroxylation is 1. The maximum atomic E-state index is 13.6. The number of fused-ring (bicyclic) bond motifs is 2. The molecule has 0 saturated heterocycles. The minimum absolute atomic E-state index is 0.149. The molecule has 25 heavy (non-hydrogen) atoms. The highest BCUT2D eigenvalue weighted by Crippen LogP contribution is 2.33. The summed E-state index contributed by atoms with van der Waals surface area (Å²) >= 11 is 0. The van der Waals surface area contributed by atoms with E-state index in [1.54, 1.807) is 30.5 Å². The molecule has 0 amide bonds. The molecule has 1 aliphatic carbocycles. The molecule has 126 valence electrons. The first-order valence-electron chi connectivity index (χ1n) is 8.29. The van der Waals surface area contributed by atoms with Crippen LogP contribution in [0.15, 0.2) is 52.3 Å². The van der Waals surface area contributed by atoms with Gasteiger partial charge < -0.3 is 5.11 Å². The molecule has 4 rings (SSSR count). The van der Waals surface area contributed by atoms with Crippen LogP contribution in [0.4, 0.5) is 4.39 Å². The van der Waals surface area contributed by atoms with E-state index in [0.717, 1.165) is 30.4 Å². The molecule has 1 aliphatic rings. The Morgan fingerprint density at radius 2 is 2.00 bits per heavy atom. The Morgan fingerprint density at radius 1 is 1.20 bits per heavy atom. The zero-order valence-corrected chi connectivity index (χ0v) is 13.5. The summed E-state index contributed by atoms with van der Waals surface area (Å²) in [4.78, 5) is 19.0. The second kappa shape index (κ2) is 6.16. The highest BCUT2D eigenvalue weighted by Gasteiger charge is 2.20. The summed E-state index contributed by atoms with van der Waals surface area (Å²) < 4.78 is 13.6. The van der Waals surface area contributed by atoms with Crippen LogP contribution in [0.5, 0.6) is 5.88 Å². The summed E-state index contributed by atoms with van der Waals surface area (Å²) in [6.45, 7) is 0. The number of benzene rings is 2. The van der Waals surface area contributed by atoms with Crippen LogP contribution in [-0.4, -0.2) is 16.3 Å². The summed E-state index contributed by atoms with van der Waals surface area (Å²) in [5.74, 6) is -0.471. The first-order valence-corrected chi connectivity index (χ1v) is 8.29. The summed E-state index contributed by atoms with van der Waals surface area (Å²) in [6.07, 6.45) is 4.32. The Morgan fingerprint density at radius 3 is 2.84 bits per heavy atom. The van der Waals surface area contributed by atoms with Gasteiger partial charge >= 0.3 is 0 Å². The Bertz CT molecular complexity index is 1040. The van der Waals surface area contributed by atoms with Crippen molar-refractivity contribution in [2.75, 3.05) is 0 Å². The Hall–Kier alpha value is -2.95. The number of H-pyrrole nitrogens is 1. The first-order chi connectivity index (χ1) is 12.1. The average Bonchev–Trinajstić information content (AvgIpc) is 2.61. The van der Waals surface area contributed by atoms with Crippen LogP contribution in [0.25, 0.3) is 10.8 Å². The molecule has 3 aromatic rings. The van der Waals surface area contributed by atoms with Gasteiger partial charge in [-0.1, -0.05) is 24.3 Å². The molecule has 1 heterocycles. The van der Waals surface area contributed by atoms with Gasteiger partial charge in [0.1, 0.15) is 5.82 Å². The summed E-state index contributed by atoms with van der Waals surface area (Å²) in [6, 6.07) is 11.8. The Labute approximate surface area is 143 Å². The maximum absolute atomic E-state index is 13.6. The third kappa shape index (κ3) is 2.82. The van der Waals surface area contributed by atoms with Crippen molar-refractivity contribution in [1.29, 1.82) is 0 Å². The van der Waals surface area contributed by atoms with Gasteiger partial charge in [-0.15, -0.1) is 0 Å². The summed E-state index contributed by atoms with van der Waals surface area (Å²) in [7, 11) is 0. The van der Waals surface area contributed by atoms with Crippen LogP contribution in [0.1, 0.15) is 35.6 Å². The van der Waals surface area contributed by atoms with Crippen molar-refractivity contribution in [3.63, 3.8) is 0 Å². The zero-order chi connectivity index (χ0) is 17.4. The summed E-state index contributed by atoms with van der Waals surface area (Å²) in [5.41, 5.74) is 2.15. The van der Waals surface area contributed by atoms with Crippen molar-refractivity contribution in [1.82, 2.24) is 4.98 Å². The van der Waals surface area contributed by atoms with Gasteiger partial charge in [-0.2, -0.15) is 0 Å². The fourth-order valence-electron chi connectivity index (χ4n) is 3.48. The highest BCUT2D eigenvalue weighted by atomic mass is 19.1. The number of aromatic amines is 1. The Balaban J connectivity index is 1.79. The minimum atomic E-state index is -0.338. The van der Waals surface area contributed by atoms with E-state index in [9.17, 15) is 14.3 Å². The van der Waals surface area contributed by atoms with Crippen molar-refractivity contribution in [3.05, 3.63) is 75.3 Å². The molecule has 0 spiro atoms. The topological polar surface area (TPSA) is 65.5 Å². The van der Waals surface area contributed by atoms with E-state index in [2.05, 4.69) is 9.98 Å². The lowest BCUT2D eigenvalue weighted by atomic mass is 9.88. The molecule has 0 fully saturated rings. The van der Waals surface area contributed by atoms with Crippen LogP contribution < -0.4 is 5.56 Å². The normalized spacial score (nSPS) is 17.1. The number of nitrogens with zero attached hydrogens (tertiary/aromatic N) is 1. The van der Waals surface area contributed by atoms with Crippen molar-refractivity contribution < 1.29 is 9.50 Å². The van der Waals surface area contributed by atoms with Gasteiger partial charge in [0.2, 0.25) is 5.88 Å². The quantitative estimate of drug-likeness (QED) is 0.698. The smallest absolute Gasteiger partial charge is 0.258 e. The number of nitrogens with one attached hydrogen (secondary N) is 1. The molecule has 1 atom stereocenters. The van der Waals surface area contributed by atoms with Crippen molar-refractivity contribution >= 4 is 17.0 Å². The molecule has 4 nitrogen and oxygen atoms in total. The van der Waals surface area contributed by atoms with Crippen LogP contribution in [0, 0.1) is 5.82 Å². The molecule has 0 radical (unpaired) electrons. The third-order valence-electron chi connectivity index (χ3n) is 4.72. The van der Waals surface area contributed by atoms with E-state index < -0.39 is 0 Å². The molecular weight excluding hydrogens is 319 g/mol. The molecule has 0 unspecified atom stereocenters. The fraction of sp³-hybridized carbons (Fsp3) is 0.200. The van der Waals surface area contributed by atoms with Crippen molar-refractivity contribution in [3.8, 4) is 5.88 Å². The van der Waals surface area contributed by atoms with E-state index in [-0.39, 0.29) is 23.3 Å². The lowest BCUT2D eigenvalue weighted by Crippen LogP contribution is -2.10. The van der Waals surface area contributed by atoms with Gasteiger partial charge in [-0.05, 0) is 48.6 Å². The summed E-state index contributed by atoms with van der Waals surface area (Å²) in [5, 5.41) is 11.3. The second-order valence-corrected chi connectivity index (χ2v) is 6.29. The van der Waals surface area contributed by atoms with E-state index in [0.29, 0.717) is 16.3 Å². The van der Waals surface area contributed by atoms with Crippen molar-refractivity contribution in [2.24, 2.45) is 4.99 Å². The van der Waals surface area contributed by atoms with Crippen LogP contribution >= 0.6 is 0 Å². The lowest BCUT2D eigenvalue weighted by Gasteiger charge is -2.22. The van der Waals surface area contributed by atoms with Crippen LogP contribution in [-0.2, 0) is 6.42 Å². The largest absolute Gasteiger partial charge is 0.494 e. The van der Waals surface area contributed by atoms with Gasteiger partial charge in [0.05, 0.1) is 11.6 Å². The van der Waals surface area contributed by atoms with E-state index in [4.69, 9.17) is 0 Å². The standard InChI is InChI=1S/C20H17FN2O2/c21-13-9-8-12-4-3-7-18(16(12)10-13)22-11-17-14-5-1-2-6-15(14)19(24)23-20(17)25/h1-2,5-6,8-11,18H,3-4,7H2,(H2,23,24,25)/t18-/m1/s1. The van der Waals surface area contributed by atoms with E-state index in [1.807, 2.05) is 12.1 Å². The zero-order valence-electron chi connectivity index (χ0n) is 13.5. The molecule has 0 bridgehead atoms. The lowest BCUT2D eigenvalue weighted by molar-refractivity contribution is 0.452. The van der Waals surface area contributed by atoms with Gasteiger partial charge in [0.15, 0.2) is 0 Å². The molecular formula is C20H17FN2O2. The number of rotatable bonds is 2. The SMILES string of the molecule is O=c1[nH]c(O)c(C=N[C@@H]2CCCc3ccc(F)cc32)c2ccccc12. The number of halogens is 1.